The van der Waals surface area contributed by atoms with Crippen LogP contribution < -0.4 is 4.90 Å². The molecule has 1 unspecified atom stereocenters. The van der Waals surface area contributed by atoms with Gasteiger partial charge in [0.15, 0.2) is 0 Å². The lowest BCUT2D eigenvalue weighted by Crippen LogP contribution is -2.33. The topological polar surface area (TPSA) is 29.0 Å². The highest BCUT2D eigenvalue weighted by Crippen LogP contribution is 2.30. The monoisotopic (exact) mass is 301 g/mol. The number of hydrogen-bond acceptors (Lipinski definition) is 5. The molecular formula is C12H16ClN3S2. The van der Waals surface area contributed by atoms with Gasteiger partial charge in [-0.1, -0.05) is 6.92 Å². The smallest absolute Gasteiger partial charge is 0.225 e. The highest BCUT2D eigenvalue weighted by atomic mass is 35.5. The summed E-state index contributed by atoms with van der Waals surface area (Å²) in [6.07, 6.45) is 3.22. The summed E-state index contributed by atoms with van der Waals surface area (Å²) in [7, 11) is 2.08. The Morgan fingerprint density at radius 3 is 2.94 bits per heavy atom. The normalized spacial score (nSPS) is 12.9. The minimum absolute atomic E-state index is 0.325. The third kappa shape index (κ3) is 2.73. The quantitative estimate of drug-likeness (QED) is 0.783. The molecule has 0 fully saturated rings. The Morgan fingerprint density at radius 1 is 1.50 bits per heavy atom. The van der Waals surface area contributed by atoms with Gasteiger partial charge in [-0.25, -0.2) is 4.98 Å². The molecule has 0 N–H and O–H groups in total. The van der Waals surface area contributed by atoms with Crippen LogP contribution in [0.2, 0.25) is 5.28 Å². The Kier molecular flexibility index (Phi) is 4.70. The second kappa shape index (κ2) is 6.08. The van der Waals surface area contributed by atoms with Gasteiger partial charge in [-0.05, 0) is 35.7 Å². The van der Waals surface area contributed by atoms with Crippen LogP contribution >= 0.6 is 34.7 Å². The van der Waals surface area contributed by atoms with Crippen LogP contribution in [-0.2, 0) is 0 Å². The number of fused-ring (bicyclic) bond motifs is 1. The van der Waals surface area contributed by atoms with Crippen molar-refractivity contribution >= 4 is 50.7 Å². The highest BCUT2D eigenvalue weighted by Gasteiger charge is 2.18. The first-order chi connectivity index (χ1) is 8.67. The van der Waals surface area contributed by atoms with Crippen LogP contribution in [0.4, 0.5) is 5.82 Å². The van der Waals surface area contributed by atoms with Crippen LogP contribution in [-0.4, -0.2) is 35.1 Å². The number of hydrogen-bond donors (Lipinski definition) is 0. The molecule has 1 atom stereocenters. The summed E-state index contributed by atoms with van der Waals surface area (Å²) in [5.41, 5.74) is 0. The molecular weight excluding hydrogens is 286 g/mol. The molecule has 2 aromatic heterocycles. The number of aromatic nitrogens is 2. The molecule has 2 rings (SSSR count). The average molecular weight is 302 g/mol. The van der Waals surface area contributed by atoms with E-state index in [0.29, 0.717) is 11.3 Å². The summed E-state index contributed by atoms with van der Waals surface area (Å²) in [4.78, 5) is 11.8. The molecule has 0 radical (unpaired) electrons. The first-order valence-electron chi connectivity index (χ1n) is 5.79. The first-order valence-corrected chi connectivity index (χ1v) is 8.45. The van der Waals surface area contributed by atoms with Gasteiger partial charge in [-0.2, -0.15) is 16.7 Å². The molecule has 0 aliphatic rings. The lowest BCUT2D eigenvalue weighted by Gasteiger charge is -2.28. The van der Waals surface area contributed by atoms with Crippen molar-refractivity contribution in [1.82, 2.24) is 9.97 Å². The zero-order valence-electron chi connectivity index (χ0n) is 10.7. The Bertz CT molecular complexity index is 529. The van der Waals surface area contributed by atoms with Gasteiger partial charge < -0.3 is 4.90 Å². The molecule has 0 aromatic carbocycles. The zero-order valence-corrected chi connectivity index (χ0v) is 13.1. The molecule has 0 saturated heterocycles. The standard InChI is InChI=1S/C12H16ClN3S2/c1-4-8(7-17-3)16(2)10-9-5-6-18-11(9)15-12(13)14-10/h5-6,8H,4,7H2,1-3H3. The van der Waals surface area contributed by atoms with Gasteiger partial charge in [-0.3, -0.25) is 0 Å². The Morgan fingerprint density at radius 2 is 2.28 bits per heavy atom. The molecule has 18 heavy (non-hydrogen) atoms. The summed E-state index contributed by atoms with van der Waals surface area (Å²) < 4.78 is 0. The van der Waals surface area contributed by atoms with E-state index < -0.39 is 0 Å². The van der Waals surface area contributed by atoms with Crippen LogP contribution in [0.1, 0.15) is 13.3 Å². The van der Waals surface area contributed by atoms with Gasteiger partial charge in [0.2, 0.25) is 5.28 Å². The fraction of sp³-hybridized carbons (Fsp3) is 0.500. The molecule has 0 bridgehead atoms. The van der Waals surface area contributed by atoms with Crippen molar-refractivity contribution in [3.05, 3.63) is 16.7 Å². The van der Waals surface area contributed by atoms with E-state index in [1.54, 1.807) is 11.3 Å². The van der Waals surface area contributed by atoms with Crippen molar-refractivity contribution in [1.29, 1.82) is 0 Å². The second-order valence-corrected chi connectivity index (χ2v) is 6.23. The average Bonchev–Trinajstić information content (AvgIpc) is 2.82. The number of halogens is 1. The van der Waals surface area contributed by atoms with E-state index in [4.69, 9.17) is 11.6 Å². The molecule has 2 heterocycles. The van der Waals surface area contributed by atoms with Gasteiger partial charge in [0.25, 0.3) is 0 Å². The molecule has 2 aromatic rings. The third-order valence-corrected chi connectivity index (χ3v) is 4.68. The number of rotatable bonds is 5. The van der Waals surface area contributed by atoms with Crippen LogP contribution in [0.15, 0.2) is 11.4 Å². The van der Waals surface area contributed by atoms with E-state index >= 15 is 0 Å². The van der Waals surface area contributed by atoms with E-state index in [1.807, 2.05) is 17.1 Å². The maximum Gasteiger partial charge on any atom is 0.225 e. The lowest BCUT2D eigenvalue weighted by atomic mass is 10.2. The number of nitrogens with zero attached hydrogens (tertiary/aromatic N) is 3. The van der Waals surface area contributed by atoms with Crippen molar-refractivity contribution in [3.8, 4) is 0 Å². The lowest BCUT2D eigenvalue weighted by molar-refractivity contribution is 0.668. The Balaban J connectivity index is 2.42. The molecule has 0 amide bonds. The van der Waals surface area contributed by atoms with Crippen molar-refractivity contribution in [2.75, 3.05) is 24.0 Å². The van der Waals surface area contributed by atoms with E-state index in [2.05, 4.69) is 41.2 Å². The number of anilines is 1. The summed E-state index contributed by atoms with van der Waals surface area (Å²) in [5.74, 6) is 2.02. The van der Waals surface area contributed by atoms with Gasteiger partial charge in [0.1, 0.15) is 10.6 Å². The van der Waals surface area contributed by atoms with Crippen molar-refractivity contribution in [2.45, 2.75) is 19.4 Å². The fourth-order valence-electron chi connectivity index (χ4n) is 1.95. The molecule has 0 saturated carbocycles. The molecule has 0 aliphatic carbocycles. The van der Waals surface area contributed by atoms with Crippen LogP contribution in [0.25, 0.3) is 10.2 Å². The second-order valence-electron chi connectivity index (χ2n) is 4.08. The van der Waals surface area contributed by atoms with Crippen molar-refractivity contribution < 1.29 is 0 Å². The van der Waals surface area contributed by atoms with Crippen LogP contribution in [0.5, 0.6) is 0 Å². The van der Waals surface area contributed by atoms with Crippen molar-refractivity contribution in [3.63, 3.8) is 0 Å². The minimum atomic E-state index is 0.325. The molecule has 0 aliphatic heterocycles. The molecule has 6 heteroatoms. The SMILES string of the molecule is CCC(CSC)N(C)c1nc(Cl)nc2sccc12. The third-order valence-electron chi connectivity index (χ3n) is 2.99. The zero-order chi connectivity index (χ0) is 13.1. The maximum atomic E-state index is 6.00. The predicted octanol–water partition coefficient (Wildman–Crippen LogP) is 3.92. The fourth-order valence-corrected chi connectivity index (χ4v) is 3.77. The molecule has 3 nitrogen and oxygen atoms in total. The van der Waals surface area contributed by atoms with E-state index in [1.165, 1.54) is 0 Å². The van der Waals surface area contributed by atoms with Gasteiger partial charge in [-0.15, -0.1) is 11.3 Å². The summed E-state index contributed by atoms with van der Waals surface area (Å²) in [6.45, 7) is 2.20. The molecule has 0 spiro atoms. The van der Waals surface area contributed by atoms with Gasteiger partial charge in [0.05, 0.1) is 5.39 Å². The summed E-state index contributed by atoms with van der Waals surface area (Å²) in [5, 5.41) is 3.44. The minimum Gasteiger partial charge on any atom is -0.355 e. The van der Waals surface area contributed by atoms with Crippen LogP contribution in [0.3, 0.4) is 0 Å². The number of thioether (sulfide) groups is 1. The summed E-state index contributed by atoms with van der Waals surface area (Å²) in [6, 6.07) is 2.53. The Hall–Kier alpha value is -0.520. The van der Waals surface area contributed by atoms with Gasteiger partial charge in [0, 0.05) is 18.8 Å². The van der Waals surface area contributed by atoms with E-state index in [9.17, 15) is 0 Å². The maximum absolute atomic E-state index is 6.00. The van der Waals surface area contributed by atoms with Crippen molar-refractivity contribution in [2.24, 2.45) is 0 Å². The molecule has 98 valence electrons. The van der Waals surface area contributed by atoms with E-state index in [0.717, 1.165) is 28.2 Å². The van der Waals surface area contributed by atoms with Gasteiger partial charge >= 0.3 is 0 Å². The highest BCUT2D eigenvalue weighted by molar-refractivity contribution is 7.98. The van der Waals surface area contributed by atoms with Crippen LogP contribution in [0, 0.1) is 0 Å². The van der Waals surface area contributed by atoms with E-state index in [-0.39, 0.29) is 0 Å². The predicted molar refractivity (Wildman–Crippen MR) is 83.3 cm³/mol. The largest absolute Gasteiger partial charge is 0.355 e. The number of thiophene rings is 1. The Labute approximate surface area is 121 Å². The summed E-state index contributed by atoms with van der Waals surface area (Å²) >= 11 is 9.45. The first kappa shape index (κ1) is 13.9.